The third-order valence-electron chi connectivity index (χ3n) is 8.79. The van der Waals surface area contributed by atoms with Crippen LogP contribution in [0.3, 0.4) is 0 Å². The molecular formula is C34H37N7O3S. The summed E-state index contributed by atoms with van der Waals surface area (Å²) in [5, 5.41) is 7.43. The molecule has 0 radical (unpaired) electrons. The number of fused-ring (bicyclic) bond motifs is 3. The number of ether oxygens (including phenoxy) is 1. The van der Waals surface area contributed by atoms with E-state index in [-0.39, 0.29) is 18.1 Å². The number of rotatable bonds is 8. The summed E-state index contributed by atoms with van der Waals surface area (Å²) >= 11 is 1.78. The normalized spacial score (nSPS) is 16.2. The molecule has 1 N–H and O–H groups in total. The van der Waals surface area contributed by atoms with Crippen molar-refractivity contribution >= 4 is 55.7 Å². The molecular weight excluding hydrogens is 586 g/mol. The van der Waals surface area contributed by atoms with Crippen LogP contribution < -0.4 is 20.5 Å². The summed E-state index contributed by atoms with van der Waals surface area (Å²) in [6, 6.07) is 12.1. The lowest BCUT2D eigenvalue weighted by atomic mass is 9.89. The summed E-state index contributed by atoms with van der Waals surface area (Å²) in [6.45, 7) is 7.19. The number of piperidine rings is 1. The van der Waals surface area contributed by atoms with Gasteiger partial charge in [-0.1, -0.05) is 25.1 Å². The molecule has 1 amide bonds. The molecule has 2 aliphatic heterocycles. The maximum Gasteiger partial charge on any atom is 0.278 e. The molecule has 5 heterocycles. The van der Waals surface area contributed by atoms with Gasteiger partial charge in [-0.25, -0.2) is 14.3 Å². The molecule has 0 aliphatic carbocycles. The van der Waals surface area contributed by atoms with E-state index in [0.717, 1.165) is 25.2 Å². The fourth-order valence-electron chi connectivity index (χ4n) is 6.40. The van der Waals surface area contributed by atoms with Crippen molar-refractivity contribution in [3.8, 4) is 11.4 Å². The van der Waals surface area contributed by atoms with Gasteiger partial charge in [-0.05, 0) is 98.9 Å². The first-order chi connectivity index (χ1) is 21.9. The van der Waals surface area contributed by atoms with E-state index in [2.05, 4.69) is 45.8 Å². The van der Waals surface area contributed by atoms with Crippen LogP contribution >= 0.6 is 11.3 Å². The van der Waals surface area contributed by atoms with Gasteiger partial charge in [0.25, 0.3) is 11.5 Å². The smallest absolute Gasteiger partial charge is 0.278 e. The molecule has 232 valence electrons. The summed E-state index contributed by atoms with van der Waals surface area (Å²) in [7, 11) is 2.20. The Balaban J connectivity index is 1.26. The molecule has 45 heavy (non-hydrogen) atoms. The lowest BCUT2D eigenvalue weighted by molar-refractivity contribution is -0.121. The zero-order chi connectivity index (χ0) is 31.1. The van der Waals surface area contributed by atoms with Gasteiger partial charge in [0.05, 0.1) is 17.9 Å². The highest BCUT2D eigenvalue weighted by Crippen LogP contribution is 2.38. The van der Waals surface area contributed by atoms with Gasteiger partial charge in [-0.3, -0.25) is 9.59 Å². The van der Waals surface area contributed by atoms with E-state index in [9.17, 15) is 9.59 Å². The molecule has 0 saturated carbocycles. The maximum absolute atomic E-state index is 13.6. The predicted molar refractivity (Wildman–Crippen MR) is 181 cm³/mol. The van der Waals surface area contributed by atoms with Crippen LogP contribution in [0.15, 0.2) is 64.9 Å². The number of amides is 1. The third-order valence-corrected chi connectivity index (χ3v) is 9.75. The second-order valence-electron chi connectivity index (χ2n) is 11.8. The molecule has 0 unspecified atom stereocenters. The highest BCUT2D eigenvalue weighted by atomic mass is 32.1. The van der Waals surface area contributed by atoms with Crippen LogP contribution in [0.1, 0.15) is 44.6 Å². The number of benzene rings is 2. The summed E-state index contributed by atoms with van der Waals surface area (Å²) in [5.74, 6) is 1.56. The van der Waals surface area contributed by atoms with Crippen LogP contribution in [0.4, 0.5) is 17.3 Å². The number of hydrogen-bond acceptors (Lipinski definition) is 8. The molecule has 5 aromatic rings. The third kappa shape index (κ3) is 5.40. The van der Waals surface area contributed by atoms with Crippen LogP contribution in [-0.2, 0) is 11.3 Å². The number of hydrogen-bond donors (Lipinski definition) is 1. The Kier molecular flexibility index (Phi) is 7.88. The molecule has 3 aromatic heterocycles. The lowest BCUT2D eigenvalue weighted by Gasteiger charge is -2.29. The van der Waals surface area contributed by atoms with Gasteiger partial charge in [0.2, 0.25) is 5.95 Å². The monoisotopic (exact) mass is 623 g/mol. The lowest BCUT2D eigenvalue weighted by Crippen LogP contribution is -2.39. The number of allylic oxidation sites excluding steroid dienone is 2. The van der Waals surface area contributed by atoms with E-state index in [4.69, 9.17) is 9.72 Å². The molecule has 0 spiro atoms. The van der Waals surface area contributed by atoms with Crippen molar-refractivity contribution in [2.75, 3.05) is 43.5 Å². The highest BCUT2D eigenvalue weighted by Gasteiger charge is 2.27. The zero-order valence-electron chi connectivity index (χ0n) is 25.8. The van der Waals surface area contributed by atoms with Crippen LogP contribution in [0, 0.1) is 0 Å². The second-order valence-corrected chi connectivity index (χ2v) is 12.7. The number of nitrogens with one attached hydrogen (secondary N) is 1. The Hall–Kier alpha value is -4.48. The number of carbonyl (C=O) groups excluding carboxylic acids is 1. The summed E-state index contributed by atoms with van der Waals surface area (Å²) in [4.78, 5) is 39.9. The van der Waals surface area contributed by atoms with E-state index >= 15 is 0 Å². The number of anilines is 3. The molecule has 2 aromatic carbocycles. The summed E-state index contributed by atoms with van der Waals surface area (Å²) < 4.78 is 10.4. The molecule has 0 bridgehead atoms. The quantitative estimate of drug-likeness (QED) is 0.210. The number of likely N-dealkylation sites (tertiary alicyclic amines) is 1. The molecule has 11 heteroatoms. The molecule has 1 saturated heterocycles. The van der Waals surface area contributed by atoms with Crippen molar-refractivity contribution in [3.63, 3.8) is 0 Å². The van der Waals surface area contributed by atoms with Crippen LogP contribution in [0.5, 0.6) is 5.75 Å². The van der Waals surface area contributed by atoms with Crippen molar-refractivity contribution in [2.24, 2.45) is 0 Å². The predicted octanol–water partition coefficient (Wildman–Crippen LogP) is 6.06. The Labute approximate surface area is 265 Å². The molecule has 0 atom stereocenters. The van der Waals surface area contributed by atoms with Crippen molar-refractivity contribution in [1.29, 1.82) is 0 Å². The van der Waals surface area contributed by atoms with Crippen molar-refractivity contribution in [2.45, 2.75) is 45.6 Å². The van der Waals surface area contributed by atoms with Crippen molar-refractivity contribution < 1.29 is 9.53 Å². The van der Waals surface area contributed by atoms with Gasteiger partial charge in [-0.2, -0.15) is 4.98 Å². The Bertz CT molecular complexity index is 1980. The van der Waals surface area contributed by atoms with Gasteiger partial charge in [0.1, 0.15) is 11.1 Å². The summed E-state index contributed by atoms with van der Waals surface area (Å²) in [6.07, 6.45) is 8.62. The minimum atomic E-state index is -0.188. The number of carbonyl (C=O) groups is 1. The van der Waals surface area contributed by atoms with Gasteiger partial charge >= 0.3 is 0 Å². The first-order valence-corrected chi connectivity index (χ1v) is 16.5. The first kappa shape index (κ1) is 29.2. The van der Waals surface area contributed by atoms with E-state index in [0.29, 0.717) is 53.1 Å². The van der Waals surface area contributed by atoms with E-state index < -0.39 is 0 Å². The molecule has 1 fully saturated rings. The minimum absolute atomic E-state index is 0.0177. The van der Waals surface area contributed by atoms with E-state index in [1.54, 1.807) is 27.1 Å². The zero-order valence-corrected chi connectivity index (χ0v) is 26.6. The fraction of sp³-hybridized carbons (Fsp3) is 0.353. The second kappa shape index (κ2) is 12.1. The average molecular weight is 624 g/mol. The summed E-state index contributed by atoms with van der Waals surface area (Å²) in [5.41, 5.74) is 4.03. The molecule has 7 rings (SSSR count). The standard InChI is InChI=1S/C34H37N7O3S/c1-4-6-14-40-33(43)26-19-35-34(36-23-7-9-25-27(21-45-30(25)17-23)22-11-15-38(3)16-12-22)37-32(26)41(40)24-8-10-29-28(18-24)39(13-5-2)31(42)20-44-29/h4,6-10,17-19,21-22H,5,11-16,20H2,1-3H3,(H,35,36,37)/b6-4-. The Morgan fingerprint density at radius 2 is 1.96 bits per heavy atom. The average Bonchev–Trinajstić information content (AvgIpc) is 3.59. The van der Waals surface area contributed by atoms with Gasteiger partial charge in [-0.15, -0.1) is 11.3 Å². The number of nitrogens with zero attached hydrogens (tertiary/aromatic N) is 6. The maximum atomic E-state index is 13.6. The minimum Gasteiger partial charge on any atom is -0.482 e. The number of thiophene rings is 1. The van der Waals surface area contributed by atoms with Crippen LogP contribution in [-0.4, -0.2) is 63.4 Å². The van der Waals surface area contributed by atoms with Gasteiger partial charge in [0, 0.05) is 23.1 Å². The largest absolute Gasteiger partial charge is 0.482 e. The molecule has 2 aliphatic rings. The molecule has 10 nitrogen and oxygen atoms in total. The fourth-order valence-corrected chi connectivity index (χ4v) is 7.48. The van der Waals surface area contributed by atoms with E-state index in [1.807, 2.05) is 48.9 Å². The van der Waals surface area contributed by atoms with Crippen molar-refractivity contribution in [3.05, 3.63) is 76.0 Å². The SMILES string of the molecule is C/C=C\Cn1c(=O)c2cnc(Nc3ccc4c(C5CCN(C)CC5)csc4c3)nc2n1-c1ccc2c(c1)N(CCC)C(=O)CO2. The Morgan fingerprint density at radius 1 is 1.11 bits per heavy atom. The van der Waals surface area contributed by atoms with Gasteiger partial charge < -0.3 is 19.9 Å². The van der Waals surface area contributed by atoms with Crippen molar-refractivity contribution in [1.82, 2.24) is 24.2 Å². The van der Waals surface area contributed by atoms with Crippen LogP contribution in [0.2, 0.25) is 0 Å². The first-order valence-electron chi connectivity index (χ1n) is 15.6. The van der Waals surface area contributed by atoms with E-state index in [1.165, 1.54) is 28.5 Å². The highest BCUT2D eigenvalue weighted by molar-refractivity contribution is 7.17. The number of aromatic nitrogens is 4. The topological polar surface area (TPSA) is 97.5 Å². The van der Waals surface area contributed by atoms with Gasteiger partial charge in [0.15, 0.2) is 12.3 Å². The Morgan fingerprint density at radius 3 is 2.76 bits per heavy atom. The van der Waals surface area contributed by atoms with Crippen LogP contribution in [0.25, 0.3) is 26.8 Å².